The largest absolute Gasteiger partial charge is 0.466 e. The van der Waals surface area contributed by atoms with Gasteiger partial charge in [-0.25, -0.2) is 0 Å². The number of pyridine rings is 1. The van der Waals surface area contributed by atoms with Crippen LogP contribution in [0.2, 0.25) is 10.0 Å². The van der Waals surface area contributed by atoms with Crippen LogP contribution >= 0.6 is 23.2 Å². The Kier molecular flexibility index (Phi) is 11.0. The minimum Gasteiger partial charge on any atom is -0.466 e. The van der Waals surface area contributed by atoms with Crippen LogP contribution < -0.4 is 5.73 Å². The molecule has 2 N–H and O–H groups in total. The highest BCUT2D eigenvalue weighted by atomic mass is 35.5. The molecule has 13 heteroatoms. The Bertz CT molecular complexity index is 1280. The first kappa shape index (κ1) is 34.2. The first-order valence-electron chi connectivity index (χ1n) is 15.2. The number of hydrogen-bond donors (Lipinski definition) is 1. The van der Waals surface area contributed by atoms with Crippen LogP contribution in [0.25, 0.3) is 0 Å². The summed E-state index contributed by atoms with van der Waals surface area (Å²) in [5, 5.41) is -0.00877. The first-order chi connectivity index (χ1) is 20.8. The van der Waals surface area contributed by atoms with Gasteiger partial charge >= 0.3 is 12.1 Å². The number of aliphatic imine (C=N–C) groups is 1. The maximum atomic E-state index is 14.6. The number of likely N-dealkylation sites (tertiary alicyclic amines) is 1. The van der Waals surface area contributed by atoms with Gasteiger partial charge in [0, 0.05) is 25.1 Å². The lowest BCUT2D eigenvalue weighted by Gasteiger charge is -2.34. The average molecular weight is 660 g/mol. The Hall–Kier alpha value is -2.66. The third-order valence-corrected chi connectivity index (χ3v) is 9.95. The third kappa shape index (κ3) is 7.41. The van der Waals surface area contributed by atoms with Crippen LogP contribution in [0.15, 0.2) is 29.2 Å². The quantitative estimate of drug-likeness (QED) is 0.143. The molecule has 1 aromatic heterocycles. The Balaban J connectivity index is 1.64. The maximum absolute atomic E-state index is 14.6. The minimum absolute atomic E-state index is 0.00438. The SMILES string of the molecule is CCOC(=O)C1(C)CCC(N=C(C(=CN)C(=O)N2C[C@H](C3CCCCC3)CC2C(=O)c2c(Cl)cncc2Cl)C(F)(F)F)CC1. The molecule has 8 nitrogen and oxygen atoms in total. The molecule has 1 saturated heterocycles. The lowest BCUT2D eigenvalue weighted by Crippen LogP contribution is -2.45. The smallest absolute Gasteiger partial charge is 0.433 e. The normalized spacial score (nSPS) is 27.3. The number of alkyl halides is 3. The number of carbonyl (C=O) groups excluding carboxylic acids is 3. The number of ketones is 1. The van der Waals surface area contributed by atoms with E-state index in [4.69, 9.17) is 33.7 Å². The first-order valence-corrected chi connectivity index (χ1v) is 15.9. The number of carbonyl (C=O) groups is 3. The van der Waals surface area contributed by atoms with Gasteiger partial charge in [0.15, 0.2) is 11.5 Å². The van der Waals surface area contributed by atoms with E-state index in [0.29, 0.717) is 19.0 Å². The van der Waals surface area contributed by atoms with Crippen molar-refractivity contribution in [2.45, 2.75) is 96.3 Å². The third-order valence-electron chi connectivity index (χ3n) is 9.37. The van der Waals surface area contributed by atoms with Gasteiger partial charge in [-0.05, 0) is 57.8 Å². The summed E-state index contributed by atoms with van der Waals surface area (Å²) in [4.78, 5) is 49.4. The molecule has 1 aromatic rings. The number of rotatable bonds is 8. The van der Waals surface area contributed by atoms with Gasteiger partial charge in [0.25, 0.3) is 5.91 Å². The second-order valence-corrected chi connectivity index (χ2v) is 13.1. The fraction of sp³-hybridized carbons (Fsp3) is 0.645. The van der Waals surface area contributed by atoms with Crippen LogP contribution in [0.1, 0.15) is 88.4 Å². The van der Waals surface area contributed by atoms with Gasteiger partial charge in [-0.2, -0.15) is 13.2 Å². The number of aromatic nitrogens is 1. The molecule has 0 radical (unpaired) electrons. The second kappa shape index (κ2) is 14.2. The van der Waals surface area contributed by atoms with Gasteiger partial charge < -0.3 is 15.4 Å². The number of Topliss-reactive ketones (excluding diaryl/α,β-unsaturated/α-hetero) is 1. The second-order valence-electron chi connectivity index (χ2n) is 12.3. The number of halogens is 5. The summed E-state index contributed by atoms with van der Waals surface area (Å²) in [6.45, 7) is 3.74. The number of amides is 1. The molecule has 3 aliphatic rings. The van der Waals surface area contributed by atoms with E-state index < -0.39 is 46.7 Å². The molecule has 242 valence electrons. The van der Waals surface area contributed by atoms with Crippen molar-refractivity contribution < 1.29 is 32.3 Å². The van der Waals surface area contributed by atoms with Crippen LogP contribution in [-0.4, -0.2) is 64.7 Å². The van der Waals surface area contributed by atoms with Crippen LogP contribution in [-0.2, 0) is 14.3 Å². The fourth-order valence-corrected chi connectivity index (χ4v) is 7.42. The Morgan fingerprint density at radius 3 is 2.25 bits per heavy atom. The molecule has 0 aromatic carbocycles. The molecule has 2 heterocycles. The Labute approximate surface area is 265 Å². The molecule has 2 saturated carbocycles. The van der Waals surface area contributed by atoms with Gasteiger partial charge in [0.05, 0.1) is 45.3 Å². The number of hydrogen-bond acceptors (Lipinski definition) is 7. The standard InChI is InChI=1S/C31H39Cl2F3N4O4/c1-3-44-29(43)30(2)11-9-20(10-12-30)39-27(31(34,35)36)21(14-37)28(42)40-17-19(18-7-5-4-6-8-18)13-24(40)26(41)25-22(32)15-38-16-23(25)33/h14-16,18-20,24H,3-13,17,37H2,1-2H3/t19-,20?,24?,30?/m1/s1. The van der Waals surface area contributed by atoms with Gasteiger partial charge in [0.1, 0.15) is 0 Å². The number of esters is 1. The Morgan fingerprint density at radius 1 is 1.09 bits per heavy atom. The summed E-state index contributed by atoms with van der Waals surface area (Å²) in [6, 6.07) is -1.87. The minimum atomic E-state index is -5.00. The van der Waals surface area contributed by atoms with Gasteiger partial charge in [-0.1, -0.05) is 55.3 Å². The predicted octanol–water partition coefficient (Wildman–Crippen LogP) is 6.73. The Morgan fingerprint density at radius 2 is 1.70 bits per heavy atom. The van der Waals surface area contributed by atoms with Crippen molar-refractivity contribution in [1.29, 1.82) is 0 Å². The van der Waals surface area contributed by atoms with Crippen molar-refractivity contribution in [3.05, 3.63) is 39.8 Å². The van der Waals surface area contributed by atoms with Gasteiger partial charge in [-0.3, -0.25) is 24.4 Å². The lowest BCUT2D eigenvalue weighted by molar-refractivity contribution is -0.156. The van der Waals surface area contributed by atoms with Crippen LogP contribution in [0.3, 0.4) is 0 Å². The van der Waals surface area contributed by atoms with Crippen LogP contribution in [0.5, 0.6) is 0 Å². The van der Waals surface area contributed by atoms with Crippen LogP contribution in [0.4, 0.5) is 13.2 Å². The number of ether oxygens (including phenoxy) is 1. The summed E-state index contributed by atoms with van der Waals surface area (Å²) in [7, 11) is 0. The van der Waals surface area contributed by atoms with Crippen molar-refractivity contribution in [3.63, 3.8) is 0 Å². The van der Waals surface area contributed by atoms with E-state index in [1.807, 2.05) is 0 Å². The molecule has 3 fully saturated rings. The van der Waals surface area contributed by atoms with E-state index in [0.717, 1.165) is 32.1 Å². The van der Waals surface area contributed by atoms with E-state index in [1.165, 1.54) is 17.3 Å². The molecule has 44 heavy (non-hydrogen) atoms. The van der Waals surface area contributed by atoms with Crippen molar-refractivity contribution in [1.82, 2.24) is 9.88 Å². The van der Waals surface area contributed by atoms with Crippen LogP contribution in [0, 0.1) is 17.3 Å². The van der Waals surface area contributed by atoms with E-state index in [-0.39, 0.29) is 65.8 Å². The molecule has 0 spiro atoms. The zero-order valence-corrected chi connectivity index (χ0v) is 26.5. The fourth-order valence-electron chi connectivity index (χ4n) is 6.86. The predicted molar refractivity (Wildman–Crippen MR) is 162 cm³/mol. The van der Waals surface area contributed by atoms with Crippen molar-refractivity contribution in [2.24, 2.45) is 28.0 Å². The molecule has 2 atom stereocenters. The summed E-state index contributed by atoms with van der Waals surface area (Å²) in [6.07, 6.45) is 4.40. The highest BCUT2D eigenvalue weighted by molar-refractivity contribution is 6.40. The maximum Gasteiger partial charge on any atom is 0.433 e. The molecule has 1 amide bonds. The zero-order chi connectivity index (χ0) is 32.2. The topological polar surface area (TPSA) is 115 Å². The van der Waals surface area contributed by atoms with E-state index in [2.05, 4.69) is 9.98 Å². The summed E-state index contributed by atoms with van der Waals surface area (Å²) in [5.74, 6) is -1.81. The van der Waals surface area contributed by atoms with E-state index in [9.17, 15) is 27.6 Å². The molecule has 4 rings (SSSR count). The summed E-state index contributed by atoms with van der Waals surface area (Å²) >= 11 is 12.6. The van der Waals surface area contributed by atoms with E-state index in [1.54, 1.807) is 13.8 Å². The number of nitrogens with two attached hydrogens (primary N) is 1. The molecular weight excluding hydrogens is 620 g/mol. The molecular formula is C31H39Cl2F3N4O4. The summed E-state index contributed by atoms with van der Waals surface area (Å²) < 4.78 is 48.8. The highest BCUT2D eigenvalue weighted by Gasteiger charge is 2.48. The average Bonchev–Trinajstić information content (AvgIpc) is 3.44. The molecule has 2 aliphatic carbocycles. The molecule has 1 aliphatic heterocycles. The van der Waals surface area contributed by atoms with Gasteiger partial charge in [-0.15, -0.1) is 0 Å². The molecule has 0 bridgehead atoms. The monoisotopic (exact) mass is 658 g/mol. The zero-order valence-electron chi connectivity index (χ0n) is 25.0. The van der Waals surface area contributed by atoms with E-state index >= 15 is 0 Å². The summed E-state index contributed by atoms with van der Waals surface area (Å²) in [5.41, 5.74) is 2.70. The van der Waals surface area contributed by atoms with Crippen molar-refractivity contribution >= 4 is 46.6 Å². The van der Waals surface area contributed by atoms with Crippen molar-refractivity contribution in [3.8, 4) is 0 Å². The van der Waals surface area contributed by atoms with Gasteiger partial charge in [0.2, 0.25) is 0 Å². The number of nitrogens with zero attached hydrogens (tertiary/aromatic N) is 3. The van der Waals surface area contributed by atoms with Crippen molar-refractivity contribution in [2.75, 3.05) is 13.2 Å². The highest BCUT2D eigenvalue weighted by Crippen LogP contribution is 2.42. The molecule has 1 unspecified atom stereocenters. The lowest BCUT2D eigenvalue weighted by atomic mass is 9.74.